The molecule has 0 aliphatic carbocycles. The summed E-state index contributed by atoms with van der Waals surface area (Å²) in [6.45, 7) is 11.8. The van der Waals surface area contributed by atoms with E-state index in [0.29, 0.717) is 17.1 Å². The second-order valence-corrected chi connectivity index (χ2v) is 9.73. The predicted octanol–water partition coefficient (Wildman–Crippen LogP) is 3.99. The number of amides is 1. The van der Waals surface area contributed by atoms with Gasteiger partial charge >= 0.3 is 0 Å². The van der Waals surface area contributed by atoms with Crippen molar-refractivity contribution >= 4 is 33.2 Å². The van der Waals surface area contributed by atoms with Gasteiger partial charge in [0.15, 0.2) is 0 Å². The largest absolute Gasteiger partial charge is 0.351 e. The molecule has 26 heavy (non-hydrogen) atoms. The van der Waals surface area contributed by atoms with Gasteiger partial charge in [0.05, 0.1) is 11.9 Å². The van der Waals surface area contributed by atoms with E-state index < -0.39 is 16.1 Å². The van der Waals surface area contributed by atoms with Crippen LogP contribution in [0.4, 0.5) is 5.69 Å². The smallest absolute Gasteiger partial charge is 0.244 e. The van der Waals surface area contributed by atoms with E-state index in [-0.39, 0.29) is 23.8 Å². The summed E-state index contributed by atoms with van der Waals surface area (Å²) in [6, 6.07) is 4.19. The number of aryl methyl sites for hydroxylation is 1. The lowest BCUT2D eigenvalue weighted by molar-refractivity contribution is -0.123. The van der Waals surface area contributed by atoms with Gasteiger partial charge in [-0.1, -0.05) is 52.3 Å². The second-order valence-electron chi connectivity index (χ2n) is 7.44. The van der Waals surface area contributed by atoms with Gasteiger partial charge in [0.2, 0.25) is 15.9 Å². The minimum Gasteiger partial charge on any atom is -0.351 e. The van der Waals surface area contributed by atoms with E-state index in [9.17, 15) is 13.2 Å². The topological polar surface area (TPSA) is 66.5 Å². The van der Waals surface area contributed by atoms with Gasteiger partial charge in [0.1, 0.15) is 6.04 Å². The molecule has 0 bridgehead atoms. The van der Waals surface area contributed by atoms with Gasteiger partial charge in [-0.3, -0.25) is 9.10 Å². The number of halogens is 1. The molecule has 0 spiro atoms. The molecule has 1 atom stereocenters. The van der Waals surface area contributed by atoms with E-state index in [1.165, 1.54) is 4.31 Å². The molecule has 1 N–H and O–H groups in total. The lowest BCUT2D eigenvalue weighted by Crippen LogP contribution is -2.53. The highest BCUT2D eigenvalue weighted by Crippen LogP contribution is 2.29. The Hall–Kier alpha value is -1.27. The summed E-state index contributed by atoms with van der Waals surface area (Å²) >= 11 is 6.08. The number of anilines is 1. The van der Waals surface area contributed by atoms with Crippen molar-refractivity contribution in [3.8, 4) is 0 Å². The fourth-order valence-corrected chi connectivity index (χ4v) is 4.65. The Morgan fingerprint density at radius 3 is 2.15 bits per heavy atom. The van der Waals surface area contributed by atoms with Gasteiger partial charge in [0.25, 0.3) is 0 Å². The van der Waals surface area contributed by atoms with Crippen LogP contribution < -0.4 is 9.62 Å². The highest BCUT2D eigenvalue weighted by Gasteiger charge is 2.34. The highest BCUT2D eigenvalue weighted by molar-refractivity contribution is 7.92. The van der Waals surface area contributed by atoms with Crippen LogP contribution in [0, 0.1) is 18.8 Å². The first kappa shape index (κ1) is 22.8. The van der Waals surface area contributed by atoms with E-state index in [1.54, 1.807) is 25.1 Å². The standard InChI is InChI=1S/C19H31ClN2O3S/c1-8-16(19(23)21-18(12(2)3)13(4)5)22(26(7,24)25)17-11-15(20)10-9-14(17)6/h9-13,16,18H,8H2,1-7H3,(H,21,23). The van der Waals surface area contributed by atoms with Crippen molar-refractivity contribution in [3.05, 3.63) is 28.8 Å². The number of nitrogens with zero attached hydrogens (tertiary/aromatic N) is 1. The molecule has 7 heteroatoms. The maximum absolute atomic E-state index is 13.0. The summed E-state index contributed by atoms with van der Waals surface area (Å²) in [5.74, 6) is 0.205. The quantitative estimate of drug-likeness (QED) is 0.714. The molecule has 1 unspecified atom stereocenters. The Labute approximate surface area is 163 Å². The zero-order valence-electron chi connectivity index (χ0n) is 16.7. The normalized spacial score (nSPS) is 13.3. The molecule has 0 radical (unpaired) electrons. The van der Waals surface area contributed by atoms with Crippen LogP contribution in [0.2, 0.25) is 5.02 Å². The monoisotopic (exact) mass is 402 g/mol. The number of sulfonamides is 1. The molecule has 1 aromatic rings. The predicted molar refractivity (Wildman–Crippen MR) is 109 cm³/mol. The summed E-state index contributed by atoms with van der Waals surface area (Å²) in [7, 11) is -3.68. The zero-order chi connectivity index (χ0) is 20.2. The number of benzene rings is 1. The van der Waals surface area contributed by atoms with Crippen molar-refractivity contribution in [2.75, 3.05) is 10.6 Å². The minimum absolute atomic E-state index is 0.0292. The Balaban J connectivity index is 3.35. The van der Waals surface area contributed by atoms with E-state index in [1.807, 2.05) is 34.6 Å². The first-order chi connectivity index (χ1) is 11.9. The van der Waals surface area contributed by atoms with Gasteiger partial charge in [0, 0.05) is 11.1 Å². The fraction of sp³-hybridized carbons (Fsp3) is 0.632. The first-order valence-corrected chi connectivity index (χ1v) is 11.2. The molecule has 0 aliphatic heterocycles. The summed E-state index contributed by atoms with van der Waals surface area (Å²) in [5, 5.41) is 3.47. The third kappa shape index (κ3) is 5.61. The first-order valence-electron chi connectivity index (χ1n) is 8.96. The summed E-state index contributed by atoms with van der Waals surface area (Å²) in [5.41, 5.74) is 1.18. The summed E-state index contributed by atoms with van der Waals surface area (Å²) in [6.07, 6.45) is 1.47. The van der Waals surface area contributed by atoms with Gasteiger partial charge in [-0.15, -0.1) is 0 Å². The third-order valence-corrected chi connectivity index (χ3v) is 5.88. The maximum Gasteiger partial charge on any atom is 0.244 e. The van der Waals surface area contributed by atoms with Crippen molar-refractivity contribution in [2.24, 2.45) is 11.8 Å². The maximum atomic E-state index is 13.0. The Morgan fingerprint density at radius 1 is 1.19 bits per heavy atom. The molecular formula is C19H31ClN2O3S. The molecular weight excluding hydrogens is 372 g/mol. The number of rotatable bonds is 8. The average molecular weight is 403 g/mol. The minimum atomic E-state index is -3.68. The second kappa shape index (κ2) is 9.09. The third-order valence-electron chi connectivity index (χ3n) is 4.48. The van der Waals surface area contributed by atoms with Crippen molar-refractivity contribution in [3.63, 3.8) is 0 Å². The number of hydrogen-bond acceptors (Lipinski definition) is 3. The molecule has 0 aromatic heterocycles. The Morgan fingerprint density at radius 2 is 1.73 bits per heavy atom. The van der Waals surface area contributed by atoms with Crippen LogP contribution in [-0.4, -0.2) is 32.7 Å². The molecule has 0 heterocycles. The lowest BCUT2D eigenvalue weighted by atomic mass is 9.93. The van der Waals surface area contributed by atoms with Crippen molar-refractivity contribution in [1.29, 1.82) is 0 Å². The van der Waals surface area contributed by atoms with Gasteiger partial charge in [-0.2, -0.15) is 0 Å². The molecule has 0 aliphatic rings. The number of carbonyl (C=O) groups excluding carboxylic acids is 1. The number of nitrogens with one attached hydrogen (secondary N) is 1. The van der Waals surface area contributed by atoms with Crippen molar-refractivity contribution in [2.45, 2.75) is 60.0 Å². The van der Waals surface area contributed by atoms with Crippen LogP contribution in [0.25, 0.3) is 0 Å². The van der Waals surface area contributed by atoms with Crippen LogP contribution >= 0.6 is 11.6 Å². The van der Waals surface area contributed by atoms with Gasteiger partial charge < -0.3 is 5.32 Å². The molecule has 5 nitrogen and oxygen atoms in total. The molecule has 148 valence electrons. The van der Waals surface area contributed by atoms with E-state index >= 15 is 0 Å². The number of carbonyl (C=O) groups is 1. The van der Waals surface area contributed by atoms with E-state index in [0.717, 1.165) is 11.8 Å². The van der Waals surface area contributed by atoms with Crippen LogP contribution in [0.5, 0.6) is 0 Å². The molecule has 1 aromatic carbocycles. The highest BCUT2D eigenvalue weighted by atomic mass is 35.5. The molecule has 1 amide bonds. The van der Waals surface area contributed by atoms with Crippen LogP contribution in [-0.2, 0) is 14.8 Å². The molecule has 1 rings (SSSR count). The Bertz CT molecular complexity index is 724. The van der Waals surface area contributed by atoms with Gasteiger partial charge in [-0.25, -0.2) is 8.42 Å². The van der Waals surface area contributed by atoms with Crippen molar-refractivity contribution < 1.29 is 13.2 Å². The number of hydrogen-bond donors (Lipinski definition) is 1. The van der Waals surface area contributed by atoms with Crippen LogP contribution in [0.15, 0.2) is 18.2 Å². The van der Waals surface area contributed by atoms with Gasteiger partial charge in [-0.05, 0) is 42.9 Å². The van der Waals surface area contributed by atoms with E-state index in [4.69, 9.17) is 11.6 Å². The van der Waals surface area contributed by atoms with Crippen molar-refractivity contribution in [1.82, 2.24) is 5.32 Å². The summed E-state index contributed by atoms with van der Waals surface area (Å²) < 4.78 is 26.3. The average Bonchev–Trinajstić information content (AvgIpc) is 2.50. The lowest BCUT2D eigenvalue weighted by Gasteiger charge is -2.34. The van der Waals surface area contributed by atoms with Crippen LogP contribution in [0.3, 0.4) is 0 Å². The molecule has 0 saturated carbocycles. The van der Waals surface area contributed by atoms with Crippen LogP contribution in [0.1, 0.15) is 46.6 Å². The zero-order valence-corrected chi connectivity index (χ0v) is 18.3. The Kier molecular flexibility index (Phi) is 7.96. The fourth-order valence-electron chi connectivity index (χ4n) is 3.22. The summed E-state index contributed by atoms with van der Waals surface area (Å²) in [4.78, 5) is 13.0. The molecule has 0 fully saturated rings. The van der Waals surface area contributed by atoms with E-state index in [2.05, 4.69) is 5.32 Å². The molecule has 0 saturated heterocycles. The SMILES string of the molecule is CCC(C(=O)NC(C(C)C)C(C)C)N(c1cc(Cl)ccc1C)S(C)(=O)=O.